The maximum Gasteiger partial charge on any atom is 0.303 e. The lowest BCUT2D eigenvalue weighted by molar-refractivity contribution is -0.138. The molecule has 0 aliphatic carbocycles. The highest BCUT2D eigenvalue weighted by Gasteiger charge is 2.38. The first kappa shape index (κ1) is 22.5. The zero-order valence-corrected chi connectivity index (χ0v) is 17.6. The maximum atomic E-state index is 12.7. The quantitative estimate of drug-likeness (QED) is 0.360. The molecule has 1 atom stereocenters. The zero-order chi connectivity index (χ0) is 22.2. The third-order valence-corrected chi connectivity index (χ3v) is 5.70. The second-order valence-corrected chi connectivity index (χ2v) is 8.09. The van der Waals surface area contributed by atoms with Crippen molar-refractivity contribution in [3.63, 3.8) is 0 Å². The van der Waals surface area contributed by atoms with Crippen LogP contribution in [0, 0.1) is 11.8 Å². The zero-order valence-electron chi connectivity index (χ0n) is 17.6. The number of carboxylic acids is 1. The highest BCUT2D eigenvalue weighted by Crippen LogP contribution is 2.28. The summed E-state index contributed by atoms with van der Waals surface area (Å²) in [6, 6.07) is 4.91. The summed E-state index contributed by atoms with van der Waals surface area (Å²) in [6.45, 7) is 0.359. The van der Waals surface area contributed by atoms with Crippen LogP contribution >= 0.6 is 0 Å². The van der Waals surface area contributed by atoms with E-state index < -0.39 is 17.9 Å². The second kappa shape index (κ2) is 10.8. The van der Waals surface area contributed by atoms with Gasteiger partial charge >= 0.3 is 5.97 Å². The topological polar surface area (TPSA) is 104 Å². The van der Waals surface area contributed by atoms with Gasteiger partial charge in [0, 0.05) is 36.9 Å². The third kappa shape index (κ3) is 6.17. The molecule has 0 spiro atoms. The summed E-state index contributed by atoms with van der Waals surface area (Å²) in [5.41, 5.74) is 2.31. The number of nitrogens with zero attached hydrogens (tertiary/aromatic N) is 1. The number of carboxylic acid groups (broad SMARTS) is 1. The Morgan fingerprint density at radius 3 is 2.58 bits per heavy atom. The minimum atomic E-state index is -0.727. The van der Waals surface area contributed by atoms with E-state index in [4.69, 9.17) is 5.11 Å². The Hall–Kier alpha value is -3.14. The summed E-state index contributed by atoms with van der Waals surface area (Å²) in [6.07, 6.45) is 7.61. The van der Waals surface area contributed by atoms with Gasteiger partial charge in [-0.05, 0) is 43.0 Å². The fraction of sp³-hybridized carbons (Fsp3) is 0.500. The number of hydrogen-bond acceptors (Lipinski definition) is 4. The Morgan fingerprint density at radius 1 is 1.10 bits per heavy atom. The summed E-state index contributed by atoms with van der Waals surface area (Å²) in [5.74, 6) is 4.74. The van der Waals surface area contributed by atoms with Crippen LogP contribution in [-0.2, 0) is 20.9 Å². The molecule has 1 aromatic rings. The lowest BCUT2D eigenvalue weighted by atomic mass is 10.0. The van der Waals surface area contributed by atoms with Crippen LogP contribution in [0.3, 0.4) is 0 Å². The Kier molecular flexibility index (Phi) is 7.82. The molecule has 0 bridgehead atoms. The number of piperidine rings is 1. The third-order valence-electron chi connectivity index (χ3n) is 5.70. The molecule has 7 nitrogen and oxygen atoms in total. The van der Waals surface area contributed by atoms with E-state index in [-0.39, 0.29) is 24.7 Å². The van der Waals surface area contributed by atoms with Crippen LogP contribution in [0.25, 0.3) is 0 Å². The molecule has 2 aliphatic heterocycles. The fourth-order valence-corrected chi connectivity index (χ4v) is 4.01. The van der Waals surface area contributed by atoms with Crippen LogP contribution in [0.1, 0.15) is 85.7 Å². The molecule has 1 fully saturated rings. The van der Waals surface area contributed by atoms with E-state index >= 15 is 0 Å². The molecule has 3 rings (SSSR count). The highest BCUT2D eigenvalue weighted by molar-refractivity contribution is 6.05. The van der Waals surface area contributed by atoms with Gasteiger partial charge in [-0.3, -0.25) is 24.5 Å². The smallest absolute Gasteiger partial charge is 0.303 e. The summed E-state index contributed by atoms with van der Waals surface area (Å²) in [4.78, 5) is 48.2. The average molecular weight is 424 g/mol. The number of fused-ring (bicyclic) bond motifs is 1. The minimum Gasteiger partial charge on any atom is -0.481 e. The van der Waals surface area contributed by atoms with Crippen molar-refractivity contribution < 1.29 is 24.3 Å². The molecule has 0 saturated carbocycles. The van der Waals surface area contributed by atoms with Gasteiger partial charge in [0.15, 0.2) is 0 Å². The number of carbonyl (C=O) groups is 4. The predicted molar refractivity (Wildman–Crippen MR) is 114 cm³/mol. The van der Waals surface area contributed by atoms with E-state index in [1.807, 2.05) is 12.1 Å². The first-order valence-electron chi connectivity index (χ1n) is 10.9. The van der Waals surface area contributed by atoms with Crippen molar-refractivity contribution in [2.75, 3.05) is 0 Å². The molecule has 164 valence electrons. The molecule has 2 N–H and O–H groups in total. The van der Waals surface area contributed by atoms with E-state index in [2.05, 4.69) is 17.2 Å². The highest BCUT2D eigenvalue weighted by atomic mass is 16.4. The number of aliphatic carboxylic acids is 1. The number of hydrogen-bond donors (Lipinski definition) is 2. The van der Waals surface area contributed by atoms with Crippen LogP contribution in [0.5, 0.6) is 0 Å². The summed E-state index contributed by atoms with van der Waals surface area (Å²) in [7, 11) is 0. The Bertz CT molecular complexity index is 928. The number of carbonyl (C=O) groups excluding carboxylic acids is 3. The van der Waals surface area contributed by atoms with E-state index in [9.17, 15) is 19.2 Å². The molecular weight excluding hydrogens is 396 g/mol. The fourth-order valence-electron chi connectivity index (χ4n) is 4.01. The van der Waals surface area contributed by atoms with Gasteiger partial charge in [-0.25, -0.2) is 0 Å². The second-order valence-electron chi connectivity index (χ2n) is 8.09. The van der Waals surface area contributed by atoms with Crippen molar-refractivity contribution in [2.24, 2.45) is 0 Å². The number of amides is 3. The molecule has 1 saturated heterocycles. The molecule has 2 aliphatic rings. The van der Waals surface area contributed by atoms with Crippen molar-refractivity contribution in [2.45, 2.75) is 76.8 Å². The standard InChI is InChI=1S/C24H28N2O5/c27-21-14-13-20(23(30)25-21)26-16-18-15-17(11-12-19(18)24(26)31)9-7-5-3-1-2-4-6-8-10-22(28)29/h11-12,15,20H,1-6,8,10,13-14,16H2,(H,28,29)(H,25,27,30). The Labute approximate surface area is 182 Å². The molecule has 1 unspecified atom stereocenters. The summed E-state index contributed by atoms with van der Waals surface area (Å²) < 4.78 is 0. The van der Waals surface area contributed by atoms with Crippen molar-refractivity contribution in [1.29, 1.82) is 0 Å². The SMILES string of the molecule is O=C(O)CCCCCCCCC#Cc1ccc2c(c1)CN(C1CCC(=O)NC1=O)C2=O. The molecule has 0 radical (unpaired) electrons. The summed E-state index contributed by atoms with van der Waals surface area (Å²) in [5, 5.41) is 10.9. The van der Waals surface area contributed by atoms with Gasteiger partial charge in [0.1, 0.15) is 6.04 Å². The van der Waals surface area contributed by atoms with E-state index in [0.29, 0.717) is 18.5 Å². The lowest BCUT2D eigenvalue weighted by Gasteiger charge is -2.29. The molecular formula is C24H28N2O5. The molecule has 3 amide bonds. The van der Waals surface area contributed by atoms with E-state index in [0.717, 1.165) is 56.1 Å². The first-order valence-corrected chi connectivity index (χ1v) is 10.9. The van der Waals surface area contributed by atoms with Crippen molar-refractivity contribution in [1.82, 2.24) is 10.2 Å². The van der Waals surface area contributed by atoms with Crippen LogP contribution in [0.2, 0.25) is 0 Å². The van der Waals surface area contributed by atoms with Gasteiger partial charge in [0.2, 0.25) is 11.8 Å². The first-order chi connectivity index (χ1) is 15.0. The number of rotatable bonds is 9. The maximum absolute atomic E-state index is 12.7. The van der Waals surface area contributed by atoms with Gasteiger partial charge in [-0.2, -0.15) is 0 Å². The van der Waals surface area contributed by atoms with Crippen LogP contribution in [0.15, 0.2) is 18.2 Å². The van der Waals surface area contributed by atoms with E-state index in [1.54, 1.807) is 11.0 Å². The molecule has 0 aromatic heterocycles. The summed E-state index contributed by atoms with van der Waals surface area (Å²) >= 11 is 0. The number of imide groups is 1. The van der Waals surface area contributed by atoms with E-state index in [1.165, 1.54) is 0 Å². The van der Waals surface area contributed by atoms with Gasteiger partial charge in [0.05, 0.1) is 0 Å². The normalized spacial score (nSPS) is 17.7. The number of nitrogens with one attached hydrogen (secondary N) is 1. The Morgan fingerprint density at radius 2 is 1.84 bits per heavy atom. The Balaban J connectivity index is 1.44. The number of benzene rings is 1. The van der Waals surface area contributed by atoms with Gasteiger partial charge in [-0.1, -0.05) is 37.5 Å². The monoisotopic (exact) mass is 424 g/mol. The predicted octanol–water partition coefficient (Wildman–Crippen LogP) is 3.00. The molecule has 1 aromatic carbocycles. The van der Waals surface area contributed by atoms with Gasteiger partial charge in [0.25, 0.3) is 5.91 Å². The van der Waals surface area contributed by atoms with Crippen molar-refractivity contribution in [3.8, 4) is 11.8 Å². The van der Waals surface area contributed by atoms with Crippen LogP contribution < -0.4 is 5.32 Å². The molecule has 7 heteroatoms. The lowest BCUT2D eigenvalue weighted by Crippen LogP contribution is -2.52. The van der Waals surface area contributed by atoms with Crippen molar-refractivity contribution >= 4 is 23.7 Å². The van der Waals surface area contributed by atoms with Crippen molar-refractivity contribution in [3.05, 3.63) is 34.9 Å². The van der Waals surface area contributed by atoms with Crippen LogP contribution in [0.4, 0.5) is 0 Å². The molecule has 2 heterocycles. The number of unbranched alkanes of at least 4 members (excludes halogenated alkanes) is 6. The van der Waals surface area contributed by atoms with Crippen LogP contribution in [-0.4, -0.2) is 39.7 Å². The van der Waals surface area contributed by atoms with Gasteiger partial charge < -0.3 is 10.0 Å². The largest absolute Gasteiger partial charge is 0.481 e. The van der Waals surface area contributed by atoms with Gasteiger partial charge in [-0.15, -0.1) is 0 Å². The molecule has 31 heavy (non-hydrogen) atoms. The minimum absolute atomic E-state index is 0.174. The average Bonchev–Trinajstić information content (AvgIpc) is 3.05.